The summed E-state index contributed by atoms with van der Waals surface area (Å²) in [6, 6.07) is 4.10. The van der Waals surface area contributed by atoms with Crippen LogP contribution in [-0.2, 0) is 6.54 Å². The fourth-order valence-corrected chi connectivity index (χ4v) is 1.67. The SMILES string of the molecule is CCCC(O)CCCCn1cccc1. The third kappa shape index (κ3) is 4.47. The molecule has 0 amide bonds. The summed E-state index contributed by atoms with van der Waals surface area (Å²) in [6.45, 7) is 3.19. The molecule has 0 aliphatic carbocycles. The van der Waals surface area contributed by atoms with Crippen LogP contribution in [-0.4, -0.2) is 15.8 Å². The lowest BCUT2D eigenvalue weighted by molar-refractivity contribution is 0.149. The molecule has 0 saturated heterocycles. The van der Waals surface area contributed by atoms with Gasteiger partial charge in [-0.1, -0.05) is 13.3 Å². The first-order chi connectivity index (χ1) is 6.83. The zero-order valence-corrected chi connectivity index (χ0v) is 9.02. The first-order valence-electron chi connectivity index (χ1n) is 5.61. The molecule has 1 aromatic heterocycles. The predicted octanol–water partition coefficient (Wildman–Crippen LogP) is 2.82. The topological polar surface area (TPSA) is 25.2 Å². The number of aryl methyl sites for hydroxylation is 1. The highest BCUT2D eigenvalue weighted by atomic mass is 16.3. The Kier molecular flexibility index (Phi) is 5.38. The smallest absolute Gasteiger partial charge is 0.0540 e. The Hall–Kier alpha value is -0.760. The summed E-state index contributed by atoms with van der Waals surface area (Å²) in [5.41, 5.74) is 0. The van der Waals surface area contributed by atoms with Crippen LogP contribution in [0.1, 0.15) is 39.0 Å². The number of hydrogen-bond donors (Lipinski definition) is 1. The van der Waals surface area contributed by atoms with E-state index >= 15 is 0 Å². The Morgan fingerprint density at radius 3 is 2.50 bits per heavy atom. The minimum absolute atomic E-state index is 0.0790. The Balaban J connectivity index is 1.99. The highest BCUT2D eigenvalue weighted by molar-refractivity contribution is 4.89. The highest BCUT2D eigenvalue weighted by Crippen LogP contribution is 2.07. The second-order valence-electron chi connectivity index (χ2n) is 3.86. The molecule has 1 N–H and O–H groups in total. The van der Waals surface area contributed by atoms with Gasteiger partial charge in [0.15, 0.2) is 0 Å². The van der Waals surface area contributed by atoms with E-state index in [9.17, 15) is 5.11 Å². The maximum absolute atomic E-state index is 9.50. The van der Waals surface area contributed by atoms with Gasteiger partial charge in [-0.2, -0.15) is 0 Å². The first kappa shape index (κ1) is 11.3. The van der Waals surface area contributed by atoms with Gasteiger partial charge in [0.25, 0.3) is 0 Å². The molecule has 0 spiro atoms. The minimum Gasteiger partial charge on any atom is -0.393 e. The molecule has 14 heavy (non-hydrogen) atoms. The van der Waals surface area contributed by atoms with Gasteiger partial charge in [0, 0.05) is 18.9 Å². The summed E-state index contributed by atoms with van der Waals surface area (Å²) in [4.78, 5) is 0. The summed E-state index contributed by atoms with van der Waals surface area (Å²) in [5, 5.41) is 9.50. The number of rotatable bonds is 7. The van der Waals surface area contributed by atoms with E-state index in [2.05, 4.69) is 23.9 Å². The maximum Gasteiger partial charge on any atom is 0.0540 e. The average Bonchev–Trinajstić information content (AvgIpc) is 2.65. The van der Waals surface area contributed by atoms with Crippen LogP contribution in [0.4, 0.5) is 0 Å². The number of nitrogens with zero attached hydrogens (tertiary/aromatic N) is 1. The molecule has 0 radical (unpaired) electrons. The molecule has 0 bridgehead atoms. The van der Waals surface area contributed by atoms with Gasteiger partial charge in [-0.3, -0.25) is 0 Å². The average molecular weight is 195 g/mol. The van der Waals surface area contributed by atoms with E-state index in [0.717, 1.165) is 38.6 Å². The van der Waals surface area contributed by atoms with Crippen LogP contribution in [0.25, 0.3) is 0 Å². The van der Waals surface area contributed by atoms with Crippen molar-refractivity contribution in [1.29, 1.82) is 0 Å². The largest absolute Gasteiger partial charge is 0.393 e. The lowest BCUT2D eigenvalue weighted by atomic mass is 10.1. The summed E-state index contributed by atoms with van der Waals surface area (Å²) >= 11 is 0. The Bertz CT molecular complexity index is 218. The quantitative estimate of drug-likeness (QED) is 0.665. The van der Waals surface area contributed by atoms with Crippen molar-refractivity contribution in [3.63, 3.8) is 0 Å². The summed E-state index contributed by atoms with van der Waals surface area (Å²) < 4.78 is 2.19. The van der Waals surface area contributed by atoms with E-state index in [0.29, 0.717) is 0 Å². The van der Waals surface area contributed by atoms with Crippen molar-refractivity contribution in [2.75, 3.05) is 0 Å². The second kappa shape index (κ2) is 6.66. The molecule has 2 nitrogen and oxygen atoms in total. The zero-order valence-electron chi connectivity index (χ0n) is 9.02. The van der Waals surface area contributed by atoms with Crippen LogP contribution in [0.2, 0.25) is 0 Å². The predicted molar refractivity (Wildman–Crippen MR) is 59.2 cm³/mol. The molecule has 0 aliphatic heterocycles. The summed E-state index contributed by atoms with van der Waals surface area (Å²) in [5.74, 6) is 0. The van der Waals surface area contributed by atoms with Gasteiger partial charge in [0.2, 0.25) is 0 Å². The van der Waals surface area contributed by atoms with Gasteiger partial charge >= 0.3 is 0 Å². The monoisotopic (exact) mass is 195 g/mol. The van der Waals surface area contributed by atoms with Crippen LogP contribution in [0, 0.1) is 0 Å². The molecule has 1 heterocycles. The van der Waals surface area contributed by atoms with E-state index < -0.39 is 0 Å². The molecule has 2 heteroatoms. The van der Waals surface area contributed by atoms with Crippen molar-refractivity contribution in [1.82, 2.24) is 4.57 Å². The number of hydrogen-bond acceptors (Lipinski definition) is 1. The van der Waals surface area contributed by atoms with E-state index in [1.165, 1.54) is 0 Å². The molecule has 0 aromatic carbocycles. The fraction of sp³-hybridized carbons (Fsp3) is 0.667. The molecule has 1 aromatic rings. The van der Waals surface area contributed by atoms with Crippen LogP contribution in [0.5, 0.6) is 0 Å². The van der Waals surface area contributed by atoms with Gasteiger partial charge in [0.05, 0.1) is 6.10 Å². The Morgan fingerprint density at radius 2 is 1.86 bits per heavy atom. The fourth-order valence-electron chi connectivity index (χ4n) is 1.67. The second-order valence-corrected chi connectivity index (χ2v) is 3.86. The Morgan fingerprint density at radius 1 is 1.14 bits per heavy atom. The van der Waals surface area contributed by atoms with Crippen molar-refractivity contribution >= 4 is 0 Å². The maximum atomic E-state index is 9.50. The standard InChI is InChI=1S/C12H21NO/c1-2-7-12(14)8-3-4-9-13-10-5-6-11-13/h5-6,10-12,14H,2-4,7-9H2,1H3. The van der Waals surface area contributed by atoms with Gasteiger partial charge in [0.1, 0.15) is 0 Å². The van der Waals surface area contributed by atoms with Crippen LogP contribution in [0.3, 0.4) is 0 Å². The van der Waals surface area contributed by atoms with Crippen molar-refractivity contribution in [3.05, 3.63) is 24.5 Å². The van der Waals surface area contributed by atoms with E-state index in [1.54, 1.807) is 0 Å². The molecular weight excluding hydrogens is 174 g/mol. The van der Waals surface area contributed by atoms with E-state index in [1.807, 2.05) is 12.1 Å². The van der Waals surface area contributed by atoms with E-state index in [-0.39, 0.29) is 6.10 Å². The van der Waals surface area contributed by atoms with Gasteiger partial charge in [-0.05, 0) is 37.8 Å². The van der Waals surface area contributed by atoms with Crippen LogP contribution < -0.4 is 0 Å². The molecule has 0 fully saturated rings. The van der Waals surface area contributed by atoms with Gasteiger partial charge in [-0.15, -0.1) is 0 Å². The number of unbranched alkanes of at least 4 members (excludes halogenated alkanes) is 1. The molecule has 0 aliphatic rings. The van der Waals surface area contributed by atoms with Gasteiger partial charge < -0.3 is 9.67 Å². The summed E-state index contributed by atoms with van der Waals surface area (Å²) in [7, 11) is 0. The molecule has 80 valence electrons. The molecular formula is C12H21NO. The molecule has 0 saturated carbocycles. The third-order valence-electron chi connectivity index (χ3n) is 2.49. The molecule has 1 rings (SSSR count). The Labute approximate surface area is 86.6 Å². The van der Waals surface area contributed by atoms with E-state index in [4.69, 9.17) is 0 Å². The van der Waals surface area contributed by atoms with Gasteiger partial charge in [-0.25, -0.2) is 0 Å². The molecule has 1 atom stereocenters. The third-order valence-corrected chi connectivity index (χ3v) is 2.49. The lowest BCUT2D eigenvalue weighted by Gasteiger charge is -2.08. The zero-order chi connectivity index (χ0) is 10.2. The number of aliphatic hydroxyl groups excluding tert-OH is 1. The first-order valence-corrected chi connectivity index (χ1v) is 5.61. The molecule has 1 unspecified atom stereocenters. The summed E-state index contributed by atoms with van der Waals surface area (Å²) in [6.07, 6.45) is 9.36. The minimum atomic E-state index is -0.0790. The van der Waals surface area contributed by atoms with Crippen molar-refractivity contribution in [3.8, 4) is 0 Å². The van der Waals surface area contributed by atoms with Crippen molar-refractivity contribution in [2.24, 2.45) is 0 Å². The highest BCUT2D eigenvalue weighted by Gasteiger charge is 2.01. The van der Waals surface area contributed by atoms with Crippen molar-refractivity contribution in [2.45, 2.75) is 51.7 Å². The number of aliphatic hydroxyl groups is 1. The van der Waals surface area contributed by atoms with Crippen LogP contribution in [0.15, 0.2) is 24.5 Å². The lowest BCUT2D eigenvalue weighted by Crippen LogP contribution is -2.06. The number of aromatic nitrogens is 1. The van der Waals surface area contributed by atoms with Crippen molar-refractivity contribution < 1.29 is 5.11 Å². The van der Waals surface area contributed by atoms with Crippen LogP contribution >= 0.6 is 0 Å². The normalized spacial score (nSPS) is 13.0.